The van der Waals surface area contributed by atoms with Crippen LogP contribution in [0.25, 0.3) is 0 Å². The molecule has 1 aliphatic heterocycles. The van der Waals surface area contributed by atoms with Crippen LogP contribution in [0, 0.1) is 11.8 Å². The third-order valence-corrected chi connectivity index (χ3v) is 6.81. The van der Waals surface area contributed by atoms with Gasteiger partial charge in [-0.3, -0.25) is 4.99 Å². The zero-order chi connectivity index (χ0) is 13.8. The second-order valence-electron chi connectivity index (χ2n) is 7.36. The van der Waals surface area contributed by atoms with E-state index < -0.39 is 0 Å². The summed E-state index contributed by atoms with van der Waals surface area (Å²) >= 11 is 1.97. The monoisotopic (exact) mass is 294 g/mol. The lowest BCUT2D eigenvalue weighted by Crippen LogP contribution is -2.46. The van der Waals surface area contributed by atoms with Gasteiger partial charge in [-0.05, 0) is 43.9 Å². The van der Waals surface area contributed by atoms with E-state index in [1.54, 1.807) is 0 Å². The standard InChI is InChI=1S/C17H30N2S/c1-14-7-10-17(11-8-14)13-20-16(19-17)18-12-9-15-5-3-2-4-6-15/h14-15H,2-13H2,1H3,(H,18,19). The molecule has 2 nitrogen and oxygen atoms in total. The second kappa shape index (κ2) is 6.72. The molecule has 1 N–H and O–H groups in total. The fourth-order valence-electron chi connectivity index (χ4n) is 4.00. The number of nitrogens with zero attached hydrogens (tertiary/aromatic N) is 1. The summed E-state index contributed by atoms with van der Waals surface area (Å²) in [5.74, 6) is 3.14. The predicted molar refractivity (Wildman–Crippen MR) is 89.5 cm³/mol. The Balaban J connectivity index is 1.43. The van der Waals surface area contributed by atoms with Gasteiger partial charge < -0.3 is 5.32 Å². The summed E-state index contributed by atoms with van der Waals surface area (Å²) < 4.78 is 0. The van der Waals surface area contributed by atoms with Gasteiger partial charge in [0.15, 0.2) is 5.17 Å². The first-order chi connectivity index (χ1) is 9.76. The van der Waals surface area contributed by atoms with Crippen LogP contribution >= 0.6 is 11.8 Å². The van der Waals surface area contributed by atoms with Gasteiger partial charge in [-0.2, -0.15) is 0 Å². The molecule has 1 spiro atoms. The Morgan fingerprint density at radius 3 is 2.65 bits per heavy atom. The molecule has 20 heavy (non-hydrogen) atoms. The maximum absolute atomic E-state index is 4.85. The molecule has 0 aromatic rings. The van der Waals surface area contributed by atoms with Crippen molar-refractivity contribution >= 4 is 16.9 Å². The molecule has 0 amide bonds. The maximum atomic E-state index is 4.85. The largest absolute Gasteiger partial charge is 0.359 e. The van der Waals surface area contributed by atoms with E-state index in [1.165, 1.54) is 75.1 Å². The van der Waals surface area contributed by atoms with Gasteiger partial charge in [-0.1, -0.05) is 50.8 Å². The van der Waals surface area contributed by atoms with Crippen LogP contribution < -0.4 is 5.32 Å². The Morgan fingerprint density at radius 2 is 1.90 bits per heavy atom. The fraction of sp³-hybridized carbons (Fsp3) is 0.941. The van der Waals surface area contributed by atoms with Gasteiger partial charge in [-0.25, -0.2) is 0 Å². The smallest absolute Gasteiger partial charge is 0.157 e. The van der Waals surface area contributed by atoms with Gasteiger partial charge in [-0.15, -0.1) is 0 Å². The molecule has 2 saturated carbocycles. The highest BCUT2D eigenvalue weighted by Crippen LogP contribution is 2.38. The Bertz CT molecular complexity index is 339. The molecule has 3 rings (SSSR count). The summed E-state index contributed by atoms with van der Waals surface area (Å²) in [6, 6.07) is 0. The Morgan fingerprint density at radius 1 is 1.15 bits per heavy atom. The van der Waals surface area contributed by atoms with Crippen molar-refractivity contribution in [1.29, 1.82) is 0 Å². The Hall–Kier alpha value is -0.180. The number of nitrogens with one attached hydrogen (secondary N) is 1. The fourth-order valence-corrected chi connectivity index (χ4v) is 5.24. The third kappa shape index (κ3) is 3.72. The molecule has 114 valence electrons. The minimum absolute atomic E-state index is 0.404. The highest BCUT2D eigenvalue weighted by Gasteiger charge is 2.39. The van der Waals surface area contributed by atoms with E-state index in [2.05, 4.69) is 12.2 Å². The molecule has 0 aromatic heterocycles. The number of hydrogen-bond donors (Lipinski definition) is 1. The average molecular weight is 295 g/mol. The van der Waals surface area contributed by atoms with Crippen molar-refractivity contribution < 1.29 is 0 Å². The lowest BCUT2D eigenvalue weighted by Gasteiger charge is -2.35. The highest BCUT2D eigenvalue weighted by molar-refractivity contribution is 8.14. The summed E-state index contributed by atoms with van der Waals surface area (Å²) in [6.07, 6.45) is 14.1. The van der Waals surface area contributed by atoms with E-state index in [4.69, 9.17) is 4.99 Å². The van der Waals surface area contributed by atoms with Crippen molar-refractivity contribution in [3.8, 4) is 0 Å². The molecular formula is C17H30N2S. The van der Waals surface area contributed by atoms with Crippen molar-refractivity contribution in [3.05, 3.63) is 0 Å². The first kappa shape index (κ1) is 14.7. The molecular weight excluding hydrogens is 264 g/mol. The molecule has 0 bridgehead atoms. The van der Waals surface area contributed by atoms with E-state index in [0.717, 1.165) is 18.4 Å². The number of hydrogen-bond acceptors (Lipinski definition) is 2. The summed E-state index contributed by atoms with van der Waals surface area (Å²) in [6.45, 7) is 3.45. The molecule has 1 heterocycles. The van der Waals surface area contributed by atoms with Crippen LogP contribution in [0.15, 0.2) is 4.99 Å². The Kier molecular flexibility index (Phi) is 4.95. The summed E-state index contributed by atoms with van der Waals surface area (Å²) in [7, 11) is 0. The summed E-state index contributed by atoms with van der Waals surface area (Å²) in [5, 5.41) is 5.02. The molecule has 0 radical (unpaired) electrons. The van der Waals surface area contributed by atoms with Gasteiger partial charge in [0.05, 0.1) is 0 Å². The molecule has 1 saturated heterocycles. The topological polar surface area (TPSA) is 24.4 Å². The quantitative estimate of drug-likeness (QED) is 0.822. The Labute approximate surface area is 128 Å². The van der Waals surface area contributed by atoms with Crippen LogP contribution in [0.5, 0.6) is 0 Å². The minimum atomic E-state index is 0.404. The maximum Gasteiger partial charge on any atom is 0.157 e. The van der Waals surface area contributed by atoms with Crippen molar-refractivity contribution in [3.63, 3.8) is 0 Å². The molecule has 0 unspecified atom stereocenters. The van der Waals surface area contributed by atoms with Crippen molar-refractivity contribution in [2.24, 2.45) is 16.8 Å². The van der Waals surface area contributed by atoms with Crippen molar-refractivity contribution in [1.82, 2.24) is 5.32 Å². The van der Waals surface area contributed by atoms with Crippen LogP contribution in [-0.4, -0.2) is 23.0 Å². The number of amidine groups is 1. The molecule has 3 heteroatoms. The first-order valence-electron chi connectivity index (χ1n) is 8.71. The summed E-state index contributed by atoms with van der Waals surface area (Å²) in [5.41, 5.74) is 0.404. The zero-order valence-electron chi connectivity index (χ0n) is 13.0. The van der Waals surface area contributed by atoms with Crippen LogP contribution in [-0.2, 0) is 0 Å². The predicted octanol–water partition coefficient (Wildman–Crippen LogP) is 4.60. The molecule has 3 fully saturated rings. The lowest BCUT2D eigenvalue weighted by atomic mass is 9.78. The van der Waals surface area contributed by atoms with Crippen LogP contribution in [0.2, 0.25) is 0 Å². The second-order valence-corrected chi connectivity index (χ2v) is 8.32. The van der Waals surface area contributed by atoms with Crippen LogP contribution in [0.3, 0.4) is 0 Å². The SMILES string of the molecule is CC1CCC2(CC1)CSC(=NCCC1CCCCC1)N2. The minimum Gasteiger partial charge on any atom is -0.359 e. The van der Waals surface area contributed by atoms with Crippen molar-refractivity contribution in [2.75, 3.05) is 12.3 Å². The first-order valence-corrected chi connectivity index (χ1v) is 9.70. The molecule has 3 aliphatic rings. The van der Waals surface area contributed by atoms with E-state index in [-0.39, 0.29) is 0 Å². The van der Waals surface area contributed by atoms with E-state index in [1.807, 2.05) is 11.8 Å². The normalized spacial score (nSPS) is 37.5. The number of rotatable bonds is 3. The highest BCUT2D eigenvalue weighted by atomic mass is 32.2. The zero-order valence-corrected chi connectivity index (χ0v) is 13.8. The van der Waals surface area contributed by atoms with E-state index in [0.29, 0.717) is 5.54 Å². The lowest BCUT2D eigenvalue weighted by molar-refractivity contribution is 0.250. The van der Waals surface area contributed by atoms with Gasteiger partial charge in [0, 0.05) is 17.8 Å². The van der Waals surface area contributed by atoms with Gasteiger partial charge >= 0.3 is 0 Å². The van der Waals surface area contributed by atoms with Crippen molar-refractivity contribution in [2.45, 2.75) is 76.7 Å². The van der Waals surface area contributed by atoms with Crippen LogP contribution in [0.4, 0.5) is 0 Å². The van der Waals surface area contributed by atoms with Crippen LogP contribution in [0.1, 0.15) is 71.1 Å². The molecule has 0 aromatic carbocycles. The average Bonchev–Trinajstić information content (AvgIpc) is 2.87. The van der Waals surface area contributed by atoms with E-state index in [9.17, 15) is 0 Å². The van der Waals surface area contributed by atoms with Gasteiger partial charge in [0.25, 0.3) is 0 Å². The summed E-state index contributed by atoms with van der Waals surface area (Å²) in [4.78, 5) is 4.85. The molecule has 2 aliphatic carbocycles. The van der Waals surface area contributed by atoms with Gasteiger partial charge in [0.1, 0.15) is 0 Å². The van der Waals surface area contributed by atoms with Gasteiger partial charge in [0.2, 0.25) is 0 Å². The number of thioether (sulfide) groups is 1. The third-order valence-electron chi connectivity index (χ3n) is 5.61. The molecule has 0 atom stereocenters. The number of aliphatic imine (C=N–C) groups is 1. The van der Waals surface area contributed by atoms with E-state index >= 15 is 0 Å².